The van der Waals surface area contributed by atoms with Gasteiger partial charge in [-0.05, 0) is 60.4 Å². The molecule has 0 saturated carbocycles. The molecule has 188 valence electrons. The highest BCUT2D eigenvalue weighted by Gasteiger charge is 2.47. The maximum absolute atomic E-state index is 15.3. The summed E-state index contributed by atoms with van der Waals surface area (Å²) in [6.45, 7) is 4.01. The van der Waals surface area contributed by atoms with Gasteiger partial charge in [0.05, 0.1) is 0 Å². The molecule has 7 heteroatoms. The summed E-state index contributed by atoms with van der Waals surface area (Å²) in [6.07, 6.45) is 0.755. The second-order valence-corrected chi connectivity index (χ2v) is 11.1. The highest BCUT2D eigenvalue weighted by Crippen LogP contribution is 2.51. The summed E-state index contributed by atoms with van der Waals surface area (Å²) in [5, 5.41) is 21.9. The average molecular weight is 535 g/mol. The number of rotatable bonds is 3. The van der Waals surface area contributed by atoms with Crippen LogP contribution in [-0.2, 0) is 4.79 Å². The van der Waals surface area contributed by atoms with E-state index in [0.29, 0.717) is 39.0 Å². The summed E-state index contributed by atoms with van der Waals surface area (Å²) >= 11 is 12.4. The third-order valence-electron chi connectivity index (χ3n) is 6.88. The lowest BCUT2D eigenvalue weighted by Crippen LogP contribution is -2.45. The highest BCUT2D eigenvalue weighted by molar-refractivity contribution is 6.31. The Kier molecular flexibility index (Phi) is 6.47. The molecule has 0 aromatic heterocycles. The number of aliphatic hydroxyl groups excluding tert-OH is 1. The molecule has 37 heavy (non-hydrogen) atoms. The van der Waals surface area contributed by atoms with Crippen LogP contribution in [0.4, 0.5) is 10.1 Å². The lowest BCUT2D eigenvalue weighted by molar-refractivity contribution is -0.118. The number of nitrogens with one attached hydrogen (secondary N) is 1. The van der Waals surface area contributed by atoms with Crippen LogP contribution in [0, 0.1) is 16.6 Å². The van der Waals surface area contributed by atoms with Crippen molar-refractivity contribution in [1.82, 2.24) is 0 Å². The Morgan fingerprint density at radius 3 is 2.38 bits per heavy atom. The summed E-state index contributed by atoms with van der Waals surface area (Å²) in [7, 11) is 0. The fourth-order valence-corrected chi connectivity index (χ4v) is 5.61. The molecule has 0 bridgehead atoms. The molecule has 2 aliphatic rings. The van der Waals surface area contributed by atoms with Crippen LogP contribution in [0.15, 0.2) is 89.6 Å². The third-order valence-corrected chi connectivity index (χ3v) is 7.36. The Bertz CT molecular complexity index is 1490. The molecular weight excluding hydrogens is 510 g/mol. The predicted molar refractivity (Wildman–Crippen MR) is 147 cm³/mol. The van der Waals surface area contributed by atoms with Crippen LogP contribution in [0.25, 0.3) is 5.76 Å². The summed E-state index contributed by atoms with van der Waals surface area (Å²) in [4.78, 5) is 15.5. The molecule has 1 unspecified atom stereocenters. The van der Waals surface area contributed by atoms with E-state index in [-0.39, 0.29) is 40.4 Å². The number of nitrogens with zero attached hydrogens (tertiary/aromatic N) is 1. The maximum atomic E-state index is 15.3. The van der Waals surface area contributed by atoms with Crippen molar-refractivity contribution in [3.63, 3.8) is 0 Å². The van der Waals surface area contributed by atoms with E-state index < -0.39 is 11.7 Å². The summed E-state index contributed by atoms with van der Waals surface area (Å²) in [6, 6.07) is 19.8. The monoisotopic (exact) mass is 534 g/mol. The number of benzene rings is 3. The van der Waals surface area contributed by atoms with Gasteiger partial charge in [-0.25, -0.2) is 4.39 Å². The van der Waals surface area contributed by atoms with Crippen LogP contribution in [0.1, 0.15) is 43.7 Å². The van der Waals surface area contributed by atoms with E-state index in [9.17, 15) is 15.3 Å². The molecule has 0 radical (unpaired) electrons. The molecule has 1 atom stereocenters. The molecule has 3 aromatic carbocycles. The first kappa shape index (κ1) is 25.2. The largest absolute Gasteiger partial charge is 0.507 e. The Hall–Kier alpha value is -3.41. The quantitative estimate of drug-likeness (QED) is 0.332. The topological polar surface area (TPSA) is 64.4 Å². The minimum atomic E-state index is -0.960. The van der Waals surface area contributed by atoms with Crippen LogP contribution in [-0.4, -0.2) is 16.7 Å². The van der Waals surface area contributed by atoms with Crippen LogP contribution in [0.3, 0.4) is 0 Å². The van der Waals surface area contributed by atoms with Crippen molar-refractivity contribution in [2.45, 2.75) is 32.6 Å². The lowest BCUT2D eigenvalue weighted by atomic mass is 9.67. The number of Topliss-reactive ketones (excluding diaryl/α,β-unsaturated/α-hetero) is 1. The Labute approximate surface area is 225 Å². The van der Waals surface area contributed by atoms with Crippen LogP contribution >= 0.6 is 23.2 Å². The number of amidine groups is 1. The van der Waals surface area contributed by atoms with Gasteiger partial charge in [-0.3, -0.25) is 15.1 Å². The summed E-state index contributed by atoms with van der Waals surface area (Å²) < 4.78 is 15.3. The van der Waals surface area contributed by atoms with Crippen LogP contribution < -0.4 is 4.90 Å². The number of anilines is 1. The van der Waals surface area contributed by atoms with Crippen molar-refractivity contribution in [2.24, 2.45) is 5.41 Å². The molecular formula is C30H25Cl2FN2O2. The van der Waals surface area contributed by atoms with Crippen molar-refractivity contribution in [3.05, 3.63) is 117 Å². The Morgan fingerprint density at radius 1 is 1.00 bits per heavy atom. The summed E-state index contributed by atoms with van der Waals surface area (Å²) in [5.74, 6) is -1.88. The van der Waals surface area contributed by atoms with Gasteiger partial charge in [-0.15, -0.1) is 0 Å². The standard InChI is InChI=1S/C30H25Cl2FN2O2/c1-30(2)15-23-26(24(36)16-30)25(21-8-3-4-9-22(21)33)27(28(37)17-10-12-18(31)13-11-17)29(34)35(23)20-7-5-6-19(32)14-20/h3-14,25,34,37H,15-16H2,1-2H3/b28-27+,34-29?. The predicted octanol–water partition coefficient (Wildman–Crippen LogP) is 8.33. The van der Waals surface area contributed by atoms with Gasteiger partial charge in [0.15, 0.2) is 5.78 Å². The summed E-state index contributed by atoms with van der Waals surface area (Å²) in [5.41, 5.74) is 2.00. The maximum Gasteiger partial charge on any atom is 0.162 e. The van der Waals surface area contributed by atoms with E-state index >= 15 is 4.39 Å². The zero-order valence-electron chi connectivity index (χ0n) is 20.4. The van der Waals surface area contributed by atoms with Crippen molar-refractivity contribution in [2.75, 3.05) is 4.90 Å². The van der Waals surface area contributed by atoms with Gasteiger partial charge in [-0.1, -0.05) is 61.3 Å². The van der Waals surface area contributed by atoms with Gasteiger partial charge in [0, 0.05) is 56.0 Å². The van der Waals surface area contributed by atoms with E-state index in [1.807, 2.05) is 13.8 Å². The van der Waals surface area contributed by atoms with Gasteiger partial charge in [0.25, 0.3) is 0 Å². The fraction of sp³-hybridized carbons (Fsp3) is 0.200. The van der Waals surface area contributed by atoms with Crippen molar-refractivity contribution >= 4 is 46.3 Å². The van der Waals surface area contributed by atoms with Crippen LogP contribution in [0.2, 0.25) is 10.0 Å². The number of allylic oxidation sites excluding steroid dienone is 2. The molecule has 5 rings (SSSR count). The number of ketones is 1. The van der Waals surface area contributed by atoms with E-state index in [1.54, 1.807) is 71.6 Å². The lowest BCUT2D eigenvalue weighted by Gasteiger charge is -2.45. The third kappa shape index (κ3) is 4.58. The number of hydrogen-bond donors (Lipinski definition) is 2. The Balaban J connectivity index is 1.87. The molecule has 1 heterocycles. The number of hydrogen-bond acceptors (Lipinski definition) is 3. The minimum absolute atomic E-state index is 0.0489. The number of aliphatic hydroxyl groups is 1. The zero-order chi connectivity index (χ0) is 26.5. The molecule has 2 N–H and O–H groups in total. The number of carbonyl (C=O) groups excluding carboxylic acids is 1. The van der Waals surface area contributed by atoms with Gasteiger partial charge >= 0.3 is 0 Å². The van der Waals surface area contributed by atoms with E-state index in [0.717, 1.165) is 0 Å². The van der Waals surface area contributed by atoms with Gasteiger partial charge in [0.2, 0.25) is 0 Å². The van der Waals surface area contributed by atoms with E-state index in [4.69, 9.17) is 23.2 Å². The first-order valence-electron chi connectivity index (χ1n) is 11.9. The fourth-order valence-electron chi connectivity index (χ4n) is 5.30. The van der Waals surface area contributed by atoms with Gasteiger partial charge in [-0.2, -0.15) is 0 Å². The molecule has 0 saturated heterocycles. The second-order valence-electron chi connectivity index (χ2n) is 10.2. The minimum Gasteiger partial charge on any atom is -0.507 e. The molecule has 1 aliphatic carbocycles. The molecule has 0 fully saturated rings. The van der Waals surface area contributed by atoms with Crippen LogP contribution in [0.5, 0.6) is 0 Å². The van der Waals surface area contributed by atoms with Gasteiger partial charge in [0.1, 0.15) is 17.4 Å². The van der Waals surface area contributed by atoms with Crippen molar-refractivity contribution < 1.29 is 14.3 Å². The molecule has 0 spiro atoms. The normalized spacial score (nSPS) is 20.7. The number of carbonyl (C=O) groups is 1. The van der Waals surface area contributed by atoms with Gasteiger partial charge < -0.3 is 5.11 Å². The molecule has 0 amide bonds. The Morgan fingerprint density at radius 2 is 1.70 bits per heavy atom. The van der Waals surface area contributed by atoms with E-state index in [1.165, 1.54) is 6.07 Å². The second kappa shape index (κ2) is 9.47. The van der Waals surface area contributed by atoms with Crippen molar-refractivity contribution in [1.29, 1.82) is 5.41 Å². The first-order chi connectivity index (χ1) is 17.6. The number of halogens is 3. The SMILES string of the molecule is CC1(C)CC(=O)C2=C(C1)N(c1cccc(Cl)c1)C(=N)/C(=C(/O)c1ccc(Cl)cc1)C2c1ccccc1F. The molecule has 3 aromatic rings. The van der Waals surface area contributed by atoms with Crippen molar-refractivity contribution in [3.8, 4) is 0 Å². The first-order valence-corrected chi connectivity index (χ1v) is 12.7. The zero-order valence-corrected chi connectivity index (χ0v) is 21.9. The highest BCUT2D eigenvalue weighted by atomic mass is 35.5. The molecule has 4 nitrogen and oxygen atoms in total. The molecule has 1 aliphatic heterocycles. The van der Waals surface area contributed by atoms with E-state index in [2.05, 4.69) is 0 Å². The smallest absolute Gasteiger partial charge is 0.162 e. The average Bonchev–Trinajstić information content (AvgIpc) is 2.83.